The van der Waals surface area contributed by atoms with Gasteiger partial charge in [-0.3, -0.25) is 4.79 Å². The first-order valence-electron chi connectivity index (χ1n) is 7.20. The SMILES string of the molecule is CC1=C(C)C[C@@H](C(=O)N[C@@H](C)C(C)(C)C)[C@@H](C(=O)[O-])C1. The van der Waals surface area contributed by atoms with E-state index >= 15 is 0 Å². The van der Waals surface area contributed by atoms with Gasteiger partial charge in [0.25, 0.3) is 0 Å². The van der Waals surface area contributed by atoms with Crippen LogP contribution < -0.4 is 10.4 Å². The lowest BCUT2D eigenvalue weighted by atomic mass is 9.75. The van der Waals surface area contributed by atoms with Crippen LogP contribution in [0.25, 0.3) is 0 Å². The van der Waals surface area contributed by atoms with Crippen LogP contribution in [0.3, 0.4) is 0 Å². The number of allylic oxidation sites excluding steroid dienone is 2. The Morgan fingerprint density at radius 1 is 1.15 bits per heavy atom. The highest BCUT2D eigenvalue weighted by Gasteiger charge is 2.35. The van der Waals surface area contributed by atoms with Gasteiger partial charge in [0, 0.05) is 23.8 Å². The van der Waals surface area contributed by atoms with Crippen LogP contribution in [0.2, 0.25) is 0 Å². The number of hydrogen-bond donors (Lipinski definition) is 1. The zero-order valence-corrected chi connectivity index (χ0v) is 13.4. The Balaban J connectivity index is 2.87. The molecule has 1 rings (SSSR count). The summed E-state index contributed by atoms with van der Waals surface area (Å²) in [5.74, 6) is -2.53. The molecule has 0 aromatic rings. The van der Waals surface area contributed by atoms with Crippen LogP contribution in [0.5, 0.6) is 0 Å². The Labute approximate surface area is 121 Å². The third kappa shape index (κ3) is 3.84. The molecule has 0 aliphatic heterocycles. The van der Waals surface area contributed by atoms with Gasteiger partial charge in [-0.1, -0.05) is 31.9 Å². The number of hydrogen-bond acceptors (Lipinski definition) is 3. The molecule has 1 aliphatic rings. The lowest BCUT2D eigenvalue weighted by Crippen LogP contribution is -2.49. The highest BCUT2D eigenvalue weighted by molar-refractivity contribution is 5.85. The number of aliphatic carboxylic acids is 1. The summed E-state index contributed by atoms with van der Waals surface area (Å²) >= 11 is 0. The molecule has 0 heterocycles. The third-order valence-electron chi connectivity index (χ3n) is 4.56. The summed E-state index contributed by atoms with van der Waals surface area (Å²) in [6, 6.07) is -0.00952. The average Bonchev–Trinajstić information content (AvgIpc) is 2.30. The molecule has 0 radical (unpaired) electrons. The molecule has 0 aromatic heterocycles. The van der Waals surface area contributed by atoms with Crippen LogP contribution in [0.15, 0.2) is 11.1 Å². The summed E-state index contributed by atoms with van der Waals surface area (Å²) < 4.78 is 0. The van der Waals surface area contributed by atoms with Crippen molar-refractivity contribution in [2.24, 2.45) is 17.3 Å². The van der Waals surface area contributed by atoms with E-state index in [0.29, 0.717) is 12.8 Å². The number of carboxylic acid groups (broad SMARTS) is 1. The Hall–Kier alpha value is -1.32. The van der Waals surface area contributed by atoms with Gasteiger partial charge >= 0.3 is 0 Å². The maximum Gasteiger partial charge on any atom is 0.224 e. The monoisotopic (exact) mass is 280 g/mol. The number of rotatable bonds is 3. The predicted molar refractivity (Wildman–Crippen MR) is 76.7 cm³/mol. The standard InChI is InChI=1S/C16H27NO3/c1-9-7-12(13(15(19)20)8-10(9)2)14(18)17-11(3)16(4,5)6/h11-13H,7-8H2,1-6H3,(H,17,18)(H,19,20)/p-1/t11-,12+,13-/m0/s1. The number of carbonyl (C=O) groups excluding carboxylic acids is 2. The molecule has 0 saturated carbocycles. The van der Waals surface area contributed by atoms with Crippen molar-refractivity contribution >= 4 is 11.9 Å². The average molecular weight is 280 g/mol. The van der Waals surface area contributed by atoms with Gasteiger partial charge in [-0.25, -0.2) is 0 Å². The molecule has 0 unspecified atom stereocenters. The van der Waals surface area contributed by atoms with E-state index in [4.69, 9.17) is 0 Å². The number of nitrogens with one attached hydrogen (secondary N) is 1. The van der Waals surface area contributed by atoms with Gasteiger partial charge in [0.2, 0.25) is 5.91 Å². The van der Waals surface area contributed by atoms with Crippen LogP contribution in [0.4, 0.5) is 0 Å². The lowest BCUT2D eigenvalue weighted by Gasteiger charge is -2.35. The summed E-state index contributed by atoms with van der Waals surface area (Å²) in [6.07, 6.45) is 0.920. The topological polar surface area (TPSA) is 69.2 Å². The fraction of sp³-hybridized carbons (Fsp3) is 0.750. The second kappa shape index (κ2) is 5.98. The van der Waals surface area contributed by atoms with Crippen molar-refractivity contribution in [3.8, 4) is 0 Å². The minimum atomic E-state index is -1.12. The summed E-state index contributed by atoms with van der Waals surface area (Å²) in [7, 11) is 0. The minimum absolute atomic E-state index is 0.00952. The molecule has 0 aromatic carbocycles. The maximum atomic E-state index is 12.4. The first kappa shape index (κ1) is 16.7. The normalized spacial score (nSPS) is 25.3. The molecule has 1 amide bonds. The molecular weight excluding hydrogens is 254 g/mol. The van der Waals surface area contributed by atoms with Gasteiger partial charge < -0.3 is 15.2 Å². The van der Waals surface area contributed by atoms with Crippen LogP contribution in [-0.4, -0.2) is 17.9 Å². The van der Waals surface area contributed by atoms with Crippen molar-refractivity contribution in [1.82, 2.24) is 5.32 Å². The second-order valence-electron chi connectivity index (χ2n) is 7.10. The fourth-order valence-corrected chi connectivity index (χ4v) is 2.35. The van der Waals surface area contributed by atoms with Crippen molar-refractivity contribution in [2.45, 2.75) is 60.4 Å². The van der Waals surface area contributed by atoms with Crippen molar-refractivity contribution in [3.63, 3.8) is 0 Å². The van der Waals surface area contributed by atoms with Gasteiger partial charge in [-0.2, -0.15) is 0 Å². The molecule has 1 aliphatic carbocycles. The number of carbonyl (C=O) groups is 2. The molecule has 1 N–H and O–H groups in total. The highest BCUT2D eigenvalue weighted by atomic mass is 16.4. The highest BCUT2D eigenvalue weighted by Crippen LogP contribution is 2.34. The van der Waals surface area contributed by atoms with Crippen LogP contribution in [-0.2, 0) is 9.59 Å². The smallest absolute Gasteiger partial charge is 0.224 e. The largest absolute Gasteiger partial charge is 0.550 e. The first-order chi connectivity index (χ1) is 9.04. The summed E-state index contributed by atoms with van der Waals surface area (Å²) in [5.41, 5.74) is 2.13. The molecule has 0 saturated heterocycles. The molecule has 0 fully saturated rings. The number of carboxylic acids is 1. The number of amides is 1. The fourth-order valence-electron chi connectivity index (χ4n) is 2.35. The van der Waals surface area contributed by atoms with E-state index in [0.717, 1.165) is 11.1 Å². The van der Waals surface area contributed by atoms with E-state index in [9.17, 15) is 14.7 Å². The molecule has 4 nitrogen and oxygen atoms in total. The van der Waals surface area contributed by atoms with Gasteiger partial charge in [0.15, 0.2) is 0 Å². The predicted octanol–water partition coefficient (Wildman–Crippen LogP) is 1.65. The van der Waals surface area contributed by atoms with Gasteiger partial charge in [-0.15, -0.1) is 0 Å². The van der Waals surface area contributed by atoms with Crippen molar-refractivity contribution in [2.75, 3.05) is 0 Å². The maximum absolute atomic E-state index is 12.4. The van der Waals surface area contributed by atoms with E-state index in [-0.39, 0.29) is 17.4 Å². The van der Waals surface area contributed by atoms with Crippen LogP contribution in [0, 0.1) is 17.3 Å². The Morgan fingerprint density at radius 2 is 1.60 bits per heavy atom. The van der Waals surface area contributed by atoms with Crippen molar-refractivity contribution < 1.29 is 14.7 Å². The summed E-state index contributed by atoms with van der Waals surface area (Å²) in [5, 5.41) is 14.2. The minimum Gasteiger partial charge on any atom is -0.550 e. The molecule has 0 spiro atoms. The van der Waals surface area contributed by atoms with Crippen LogP contribution >= 0.6 is 0 Å². The summed E-state index contributed by atoms with van der Waals surface area (Å²) in [6.45, 7) is 12.0. The van der Waals surface area contributed by atoms with E-state index < -0.39 is 17.8 Å². The van der Waals surface area contributed by atoms with Crippen LogP contribution in [0.1, 0.15) is 54.4 Å². The zero-order valence-electron chi connectivity index (χ0n) is 13.4. The molecule has 3 atom stereocenters. The van der Waals surface area contributed by atoms with Crippen molar-refractivity contribution in [3.05, 3.63) is 11.1 Å². The van der Waals surface area contributed by atoms with Gasteiger partial charge in [0.1, 0.15) is 0 Å². The van der Waals surface area contributed by atoms with Gasteiger partial charge in [0.05, 0.1) is 0 Å². The van der Waals surface area contributed by atoms with E-state index in [1.807, 2.05) is 41.5 Å². The quantitative estimate of drug-likeness (QED) is 0.799. The second-order valence-corrected chi connectivity index (χ2v) is 7.10. The summed E-state index contributed by atoms with van der Waals surface area (Å²) in [4.78, 5) is 23.7. The van der Waals surface area contributed by atoms with E-state index in [1.165, 1.54) is 0 Å². The molecule has 0 bridgehead atoms. The molecule has 20 heavy (non-hydrogen) atoms. The molecule has 4 heteroatoms. The Kier molecular flexibility index (Phi) is 5.00. The first-order valence-corrected chi connectivity index (χ1v) is 7.20. The lowest BCUT2D eigenvalue weighted by molar-refractivity contribution is -0.313. The van der Waals surface area contributed by atoms with Gasteiger partial charge in [-0.05, 0) is 39.0 Å². The third-order valence-corrected chi connectivity index (χ3v) is 4.56. The van der Waals surface area contributed by atoms with E-state index in [2.05, 4.69) is 5.32 Å². The Morgan fingerprint density at radius 3 is 2.00 bits per heavy atom. The van der Waals surface area contributed by atoms with E-state index in [1.54, 1.807) is 0 Å². The molecular formula is C16H26NO3-. The zero-order chi connectivity index (χ0) is 15.7. The molecule has 114 valence electrons. The Bertz CT molecular complexity index is 431. The van der Waals surface area contributed by atoms with Crippen molar-refractivity contribution in [1.29, 1.82) is 0 Å².